The highest BCUT2D eigenvalue weighted by atomic mass is 35.5. The van der Waals surface area contributed by atoms with Crippen LogP contribution in [0.5, 0.6) is 0 Å². The second-order valence-electron chi connectivity index (χ2n) is 5.42. The summed E-state index contributed by atoms with van der Waals surface area (Å²) in [7, 11) is 0. The number of halogens is 2. The molecule has 0 saturated carbocycles. The number of fused-ring (bicyclic) bond motifs is 2. The minimum atomic E-state index is -0.227. The van der Waals surface area contributed by atoms with E-state index in [9.17, 15) is 4.39 Å². The fraction of sp³-hybridized carbons (Fsp3) is 0.167. The summed E-state index contributed by atoms with van der Waals surface area (Å²) in [5, 5.41) is 4.51. The van der Waals surface area contributed by atoms with E-state index in [4.69, 9.17) is 4.98 Å². The summed E-state index contributed by atoms with van der Waals surface area (Å²) in [5.74, 6) is -0.227. The number of hydrogen-bond donors (Lipinski definition) is 1. The van der Waals surface area contributed by atoms with Gasteiger partial charge in [-0.3, -0.25) is 4.98 Å². The molecule has 0 spiro atoms. The van der Waals surface area contributed by atoms with Crippen LogP contribution in [-0.2, 0) is 12.8 Å². The lowest BCUT2D eigenvalue weighted by molar-refractivity contribution is 0.628. The monoisotopic (exact) mass is 314 g/mol. The second kappa shape index (κ2) is 5.93. The van der Waals surface area contributed by atoms with Crippen molar-refractivity contribution < 1.29 is 4.39 Å². The Balaban J connectivity index is 0.00000144. The average Bonchev–Trinajstić information content (AvgIpc) is 2.95. The first-order valence-electron chi connectivity index (χ1n) is 7.24. The molecule has 1 aliphatic rings. The third-order valence-electron chi connectivity index (χ3n) is 4.01. The predicted octanol–water partition coefficient (Wildman–Crippen LogP) is 5.03. The molecule has 4 rings (SSSR count). The average molecular weight is 315 g/mol. The molecule has 0 amide bonds. The Hall–Kier alpha value is -2.13. The Kier molecular flexibility index (Phi) is 3.99. The molecule has 1 N–H and O–H groups in total. The molecular weight excluding hydrogens is 299 g/mol. The summed E-state index contributed by atoms with van der Waals surface area (Å²) in [6.45, 7) is 0. The largest absolute Gasteiger partial charge is 0.355 e. The molecule has 0 radical (unpaired) electrons. The number of pyridine rings is 1. The number of rotatable bonds is 2. The quantitative estimate of drug-likeness (QED) is 0.717. The second-order valence-corrected chi connectivity index (χ2v) is 5.42. The number of benzene rings is 2. The van der Waals surface area contributed by atoms with Crippen molar-refractivity contribution in [2.24, 2.45) is 0 Å². The highest BCUT2D eigenvalue weighted by Gasteiger charge is 2.19. The van der Waals surface area contributed by atoms with Gasteiger partial charge in [-0.25, -0.2) is 4.39 Å². The molecular formula is C18H16ClFN2. The van der Waals surface area contributed by atoms with E-state index in [1.54, 1.807) is 6.07 Å². The number of anilines is 2. The molecule has 1 aromatic heterocycles. The van der Waals surface area contributed by atoms with Gasteiger partial charge in [0.15, 0.2) is 0 Å². The standard InChI is InChI=1S/C18H15FN2.ClH/c19-12-5-3-6-13(11-12)20-18-14-7-1-2-9-16(14)21-17-10-4-8-15(17)18;/h1-3,5-7,9,11H,4,8,10H2,(H,20,21);1H. The lowest BCUT2D eigenvalue weighted by Gasteiger charge is -2.14. The Morgan fingerprint density at radius 2 is 1.86 bits per heavy atom. The van der Waals surface area contributed by atoms with Gasteiger partial charge < -0.3 is 5.32 Å². The van der Waals surface area contributed by atoms with E-state index in [1.165, 1.54) is 23.4 Å². The third kappa shape index (κ3) is 2.53. The fourth-order valence-electron chi connectivity index (χ4n) is 3.06. The first-order valence-corrected chi connectivity index (χ1v) is 7.24. The van der Waals surface area contributed by atoms with Gasteiger partial charge in [0.25, 0.3) is 0 Å². The van der Waals surface area contributed by atoms with E-state index in [0.29, 0.717) is 0 Å². The molecule has 0 fully saturated rings. The lowest BCUT2D eigenvalue weighted by atomic mass is 10.1. The predicted molar refractivity (Wildman–Crippen MR) is 90.7 cm³/mol. The zero-order valence-corrected chi connectivity index (χ0v) is 12.8. The number of nitrogens with zero attached hydrogens (tertiary/aromatic N) is 1. The molecule has 1 heterocycles. The maximum atomic E-state index is 13.4. The normalized spacial score (nSPS) is 12.8. The molecule has 112 valence electrons. The number of aryl methyl sites for hydroxylation is 1. The van der Waals surface area contributed by atoms with Crippen LogP contribution in [-0.4, -0.2) is 4.98 Å². The van der Waals surface area contributed by atoms with Crippen molar-refractivity contribution in [2.45, 2.75) is 19.3 Å². The van der Waals surface area contributed by atoms with Crippen molar-refractivity contribution in [3.8, 4) is 0 Å². The number of aromatic nitrogens is 1. The van der Waals surface area contributed by atoms with Gasteiger partial charge in [0.05, 0.1) is 11.2 Å². The molecule has 0 aliphatic heterocycles. The van der Waals surface area contributed by atoms with Crippen LogP contribution >= 0.6 is 12.4 Å². The third-order valence-corrected chi connectivity index (χ3v) is 4.01. The minimum Gasteiger partial charge on any atom is -0.355 e. The van der Waals surface area contributed by atoms with Gasteiger partial charge in [-0.2, -0.15) is 0 Å². The Morgan fingerprint density at radius 1 is 1.00 bits per heavy atom. The van der Waals surface area contributed by atoms with Gasteiger partial charge in [0.1, 0.15) is 5.82 Å². The Bertz CT molecular complexity index is 832. The number of hydrogen-bond acceptors (Lipinski definition) is 2. The summed E-state index contributed by atoms with van der Waals surface area (Å²) in [6.07, 6.45) is 3.19. The van der Waals surface area contributed by atoms with Crippen LogP contribution in [0.1, 0.15) is 17.7 Å². The van der Waals surface area contributed by atoms with Gasteiger partial charge in [-0.15, -0.1) is 12.4 Å². The molecule has 0 atom stereocenters. The van der Waals surface area contributed by atoms with Crippen molar-refractivity contribution in [2.75, 3.05) is 5.32 Å². The van der Waals surface area contributed by atoms with Crippen LogP contribution in [0.25, 0.3) is 10.9 Å². The maximum Gasteiger partial charge on any atom is 0.125 e. The summed E-state index contributed by atoms with van der Waals surface area (Å²) in [5.41, 5.74) is 5.31. The first kappa shape index (κ1) is 14.8. The van der Waals surface area contributed by atoms with E-state index in [0.717, 1.165) is 41.5 Å². The molecule has 0 unspecified atom stereocenters. The van der Waals surface area contributed by atoms with E-state index in [1.807, 2.05) is 24.3 Å². The summed E-state index contributed by atoms with van der Waals surface area (Å²) in [4.78, 5) is 4.76. The SMILES string of the molecule is Cl.Fc1cccc(Nc2c3c(nc4ccccc24)CCC3)c1. The van der Waals surface area contributed by atoms with Crippen molar-refractivity contribution >= 4 is 34.7 Å². The van der Waals surface area contributed by atoms with Crippen molar-refractivity contribution in [1.82, 2.24) is 4.98 Å². The van der Waals surface area contributed by atoms with Crippen LogP contribution in [0.3, 0.4) is 0 Å². The van der Waals surface area contributed by atoms with Gasteiger partial charge in [0, 0.05) is 16.8 Å². The maximum absolute atomic E-state index is 13.4. The molecule has 1 aliphatic carbocycles. The highest BCUT2D eigenvalue weighted by Crippen LogP contribution is 2.35. The molecule has 2 nitrogen and oxygen atoms in total. The zero-order chi connectivity index (χ0) is 14.2. The molecule has 22 heavy (non-hydrogen) atoms. The van der Waals surface area contributed by atoms with Gasteiger partial charge in [-0.1, -0.05) is 24.3 Å². The van der Waals surface area contributed by atoms with E-state index in [-0.39, 0.29) is 18.2 Å². The Morgan fingerprint density at radius 3 is 2.73 bits per heavy atom. The fourth-order valence-corrected chi connectivity index (χ4v) is 3.06. The lowest BCUT2D eigenvalue weighted by Crippen LogP contribution is -2.00. The Labute approximate surface area is 134 Å². The molecule has 2 aromatic carbocycles. The number of para-hydroxylation sites is 1. The number of nitrogens with one attached hydrogen (secondary N) is 1. The van der Waals surface area contributed by atoms with Crippen LogP contribution < -0.4 is 5.32 Å². The van der Waals surface area contributed by atoms with Gasteiger partial charge >= 0.3 is 0 Å². The van der Waals surface area contributed by atoms with Gasteiger partial charge in [0.2, 0.25) is 0 Å². The molecule has 0 saturated heterocycles. The molecule has 0 bridgehead atoms. The van der Waals surface area contributed by atoms with E-state index in [2.05, 4.69) is 11.4 Å². The topological polar surface area (TPSA) is 24.9 Å². The van der Waals surface area contributed by atoms with Crippen LogP contribution in [0.4, 0.5) is 15.8 Å². The van der Waals surface area contributed by atoms with Crippen molar-refractivity contribution in [3.63, 3.8) is 0 Å². The summed E-state index contributed by atoms with van der Waals surface area (Å²) < 4.78 is 13.4. The van der Waals surface area contributed by atoms with Crippen LogP contribution in [0, 0.1) is 5.82 Å². The van der Waals surface area contributed by atoms with Crippen LogP contribution in [0.15, 0.2) is 48.5 Å². The zero-order valence-electron chi connectivity index (χ0n) is 12.0. The van der Waals surface area contributed by atoms with Crippen LogP contribution in [0.2, 0.25) is 0 Å². The molecule has 3 aromatic rings. The summed E-state index contributed by atoms with van der Waals surface area (Å²) in [6, 6.07) is 14.7. The molecule has 4 heteroatoms. The van der Waals surface area contributed by atoms with Gasteiger partial charge in [-0.05, 0) is 49.1 Å². The van der Waals surface area contributed by atoms with Crippen molar-refractivity contribution in [1.29, 1.82) is 0 Å². The van der Waals surface area contributed by atoms with E-state index >= 15 is 0 Å². The smallest absolute Gasteiger partial charge is 0.125 e. The van der Waals surface area contributed by atoms with E-state index < -0.39 is 0 Å². The first-order chi connectivity index (χ1) is 10.3. The minimum absolute atomic E-state index is 0. The van der Waals surface area contributed by atoms with Crippen molar-refractivity contribution in [3.05, 3.63) is 65.6 Å². The summed E-state index contributed by atoms with van der Waals surface area (Å²) >= 11 is 0. The highest BCUT2D eigenvalue weighted by molar-refractivity contribution is 5.95.